The Balaban J connectivity index is 3.15. The quantitative estimate of drug-likeness (QED) is 0.625. The summed E-state index contributed by atoms with van der Waals surface area (Å²) in [5.74, 6) is -0.715. The molecule has 0 bridgehead atoms. The van der Waals surface area contributed by atoms with Gasteiger partial charge in [-0.05, 0) is 37.1 Å². The fourth-order valence-electron chi connectivity index (χ4n) is 1.23. The van der Waals surface area contributed by atoms with Gasteiger partial charge >= 0.3 is 5.97 Å². The Labute approximate surface area is 96.6 Å². The first-order valence-corrected chi connectivity index (χ1v) is 5.74. The van der Waals surface area contributed by atoms with E-state index in [1.54, 1.807) is 13.8 Å². The highest BCUT2D eigenvalue weighted by Crippen LogP contribution is 2.19. The lowest BCUT2D eigenvalue weighted by atomic mass is 10.1. The Morgan fingerprint density at radius 1 is 1.53 bits per heavy atom. The maximum absolute atomic E-state index is 13.2. The predicted molar refractivity (Wildman–Crippen MR) is 59.7 cm³/mol. The lowest BCUT2D eigenvalue weighted by Gasteiger charge is -2.08. The Bertz CT molecular complexity index is 377. The van der Waals surface area contributed by atoms with Crippen molar-refractivity contribution >= 4 is 21.9 Å². The van der Waals surface area contributed by atoms with Gasteiger partial charge in [0.15, 0.2) is 0 Å². The monoisotopic (exact) mass is 274 g/mol. The summed E-state index contributed by atoms with van der Waals surface area (Å²) in [7, 11) is 0. The third-order valence-corrected chi connectivity index (χ3v) is 2.63. The van der Waals surface area contributed by atoms with E-state index in [9.17, 15) is 9.18 Å². The number of alkyl halides is 1. The van der Waals surface area contributed by atoms with E-state index in [0.717, 1.165) is 0 Å². The molecular formula is C11H12BrFO2. The van der Waals surface area contributed by atoms with E-state index in [2.05, 4.69) is 15.9 Å². The van der Waals surface area contributed by atoms with Crippen molar-refractivity contribution < 1.29 is 13.9 Å². The molecule has 0 radical (unpaired) electrons. The molecule has 0 N–H and O–H groups in total. The molecule has 0 fully saturated rings. The first kappa shape index (κ1) is 12.2. The van der Waals surface area contributed by atoms with Crippen molar-refractivity contribution in [2.75, 3.05) is 6.61 Å². The number of halogens is 2. The molecule has 4 heteroatoms. The van der Waals surface area contributed by atoms with Crippen molar-refractivity contribution in [1.29, 1.82) is 0 Å². The van der Waals surface area contributed by atoms with E-state index in [1.165, 1.54) is 12.1 Å². The molecule has 82 valence electrons. The van der Waals surface area contributed by atoms with E-state index in [0.29, 0.717) is 28.6 Å². The Kier molecular flexibility index (Phi) is 4.27. The Morgan fingerprint density at radius 3 is 2.73 bits per heavy atom. The van der Waals surface area contributed by atoms with Gasteiger partial charge in [0, 0.05) is 5.33 Å². The van der Waals surface area contributed by atoms with Crippen LogP contribution in [0.2, 0.25) is 0 Å². The molecule has 0 saturated heterocycles. The molecule has 1 aromatic rings. The molecule has 0 aliphatic heterocycles. The maximum atomic E-state index is 13.2. The fraction of sp³-hybridized carbons (Fsp3) is 0.364. The van der Waals surface area contributed by atoms with Gasteiger partial charge in [-0.1, -0.05) is 15.9 Å². The van der Waals surface area contributed by atoms with Crippen LogP contribution in [0.25, 0.3) is 0 Å². The van der Waals surface area contributed by atoms with Crippen LogP contribution in [0, 0.1) is 12.7 Å². The van der Waals surface area contributed by atoms with Crippen molar-refractivity contribution in [2.45, 2.75) is 19.2 Å². The largest absolute Gasteiger partial charge is 0.462 e. The van der Waals surface area contributed by atoms with Crippen LogP contribution in [0.4, 0.5) is 4.39 Å². The van der Waals surface area contributed by atoms with Gasteiger partial charge in [-0.15, -0.1) is 0 Å². The van der Waals surface area contributed by atoms with Gasteiger partial charge in [0.25, 0.3) is 0 Å². The number of hydrogen-bond donors (Lipinski definition) is 0. The fourth-order valence-corrected chi connectivity index (χ4v) is 1.70. The van der Waals surface area contributed by atoms with E-state index in [1.807, 2.05) is 0 Å². The zero-order valence-corrected chi connectivity index (χ0v) is 10.2. The molecule has 0 spiro atoms. The number of carbonyl (C=O) groups excluding carboxylic acids is 1. The van der Waals surface area contributed by atoms with Gasteiger partial charge in [0.05, 0.1) is 12.2 Å². The van der Waals surface area contributed by atoms with E-state index in [-0.39, 0.29) is 5.82 Å². The molecule has 1 rings (SSSR count). The summed E-state index contributed by atoms with van der Waals surface area (Å²) < 4.78 is 18.1. The van der Waals surface area contributed by atoms with Gasteiger partial charge in [-0.25, -0.2) is 9.18 Å². The minimum atomic E-state index is -0.407. The van der Waals surface area contributed by atoms with Crippen molar-refractivity contribution in [3.63, 3.8) is 0 Å². The smallest absolute Gasteiger partial charge is 0.338 e. The van der Waals surface area contributed by atoms with Gasteiger partial charge in [0.1, 0.15) is 5.82 Å². The number of benzene rings is 1. The lowest BCUT2D eigenvalue weighted by molar-refractivity contribution is 0.0525. The predicted octanol–water partition coefficient (Wildman–Crippen LogP) is 3.21. The second-order valence-electron chi connectivity index (χ2n) is 3.11. The zero-order valence-electron chi connectivity index (χ0n) is 8.64. The van der Waals surface area contributed by atoms with Crippen molar-refractivity contribution in [3.05, 3.63) is 34.6 Å². The highest BCUT2D eigenvalue weighted by Gasteiger charge is 2.14. The van der Waals surface area contributed by atoms with Crippen LogP contribution in [0.5, 0.6) is 0 Å². The maximum Gasteiger partial charge on any atom is 0.338 e. The molecular weight excluding hydrogens is 263 g/mol. The number of aryl methyl sites for hydroxylation is 1. The average Bonchev–Trinajstić information content (AvgIpc) is 2.21. The first-order chi connectivity index (χ1) is 7.10. The lowest BCUT2D eigenvalue weighted by Crippen LogP contribution is -2.08. The van der Waals surface area contributed by atoms with Crippen LogP contribution in [0.1, 0.15) is 28.4 Å². The number of hydrogen-bond acceptors (Lipinski definition) is 2. The second kappa shape index (κ2) is 5.26. The molecule has 2 nitrogen and oxygen atoms in total. The van der Waals surface area contributed by atoms with Crippen molar-refractivity contribution in [1.82, 2.24) is 0 Å². The molecule has 15 heavy (non-hydrogen) atoms. The van der Waals surface area contributed by atoms with Crippen LogP contribution in [-0.2, 0) is 10.1 Å². The Hall–Kier alpha value is -0.900. The highest BCUT2D eigenvalue weighted by atomic mass is 79.9. The summed E-state index contributed by atoms with van der Waals surface area (Å²) in [6, 6.07) is 2.88. The first-order valence-electron chi connectivity index (χ1n) is 4.62. The summed E-state index contributed by atoms with van der Waals surface area (Å²) in [5, 5.41) is 0.429. The standard InChI is InChI=1S/C11H12BrFO2/c1-3-15-11(14)9-4-7(2)10(13)5-8(9)6-12/h4-5H,3,6H2,1-2H3. The molecule has 0 atom stereocenters. The van der Waals surface area contributed by atoms with Crippen LogP contribution in [0.15, 0.2) is 12.1 Å². The average molecular weight is 275 g/mol. The highest BCUT2D eigenvalue weighted by molar-refractivity contribution is 9.08. The molecule has 0 aromatic heterocycles. The topological polar surface area (TPSA) is 26.3 Å². The van der Waals surface area contributed by atoms with Gasteiger partial charge in [-0.2, -0.15) is 0 Å². The van der Waals surface area contributed by atoms with Gasteiger partial charge < -0.3 is 4.74 Å². The minimum absolute atomic E-state index is 0.308. The minimum Gasteiger partial charge on any atom is -0.462 e. The molecule has 0 amide bonds. The van der Waals surface area contributed by atoms with Crippen LogP contribution in [0.3, 0.4) is 0 Å². The molecule has 0 heterocycles. The second-order valence-corrected chi connectivity index (χ2v) is 3.67. The van der Waals surface area contributed by atoms with Gasteiger partial charge in [0.2, 0.25) is 0 Å². The number of esters is 1. The summed E-state index contributed by atoms with van der Waals surface area (Å²) in [5.41, 5.74) is 1.48. The molecule has 1 aromatic carbocycles. The summed E-state index contributed by atoms with van der Waals surface area (Å²) in [6.45, 7) is 3.68. The number of ether oxygens (including phenoxy) is 1. The summed E-state index contributed by atoms with van der Waals surface area (Å²) >= 11 is 3.21. The van der Waals surface area contributed by atoms with Crippen molar-refractivity contribution in [2.24, 2.45) is 0 Å². The SMILES string of the molecule is CCOC(=O)c1cc(C)c(F)cc1CBr. The Morgan fingerprint density at radius 2 is 2.20 bits per heavy atom. The van der Waals surface area contributed by atoms with Crippen LogP contribution < -0.4 is 0 Å². The third-order valence-electron chi connectivity index (χ3n) is 2.02. The molecule has 0 aliphatic rings. The molecule has 0 unspecified atom stereocenters. The van der Waals surface area contributed by atoms with Crippen molar-refractivity contribution in [3.8, 4) is 0 Å². The van der Waals surface area contributed by atoms with Crippen LogP contribution >= 0.6 is 15.9 Å². The van der Waals surface area contributed by atoms with E-state index >= 15 is 0 Å². The number of rotatable bonds is 3. The van der Waals surface area contributed by atoms with Gasteiger partial charge in [-0.3, -0.25) is 0 Å². The zero-order chi connectivity index (χ0) is 11.4. The molecule has 0 aliphatic carbocycles. The van der Waals surface area contributed by atoms with E-state index < -0.39 is 5.97 Å². The van der Waals surface area contributed by atoms with Crippen LogP contribution in [-0.4, -0.2) is 12.6 Å². The van der Waals surface area contributed by atoms with E-state index in [4.69, 9.17) is 4.74 Å². The molecule has 0 saturated carbocycles. The normalized spacial score (nSPS) is 10.1. The third kappa shape index (κ3) is 2.78. The summed E-state index contributed by atoms with van der Waals surface area (Å²) in [4.78, 5) is 11.5. The number of carbonyl (C=O) groups is 1. The summed E-state index contributed by atoms with van der Waals surface area (Å²) in [6.07, 6.45) is 0.